The van der Waals surface area contributed by atoms with Crippen molar-refractivity contribution in [3.8, 4) is 145 Å². The third-order valence-electron chi connectivity index (χ3n) is 28.6. The van der Waals surface area contributed by atoms with E-state index in [0.717, 1.165) is 99.3 Å². The van der Waals surface area contributed by atoms with Crippen LogP contribution < -0.4 is 0 Å². The molecule has 0 unspecified atom stereocenters. The van der Waals surface area contributed by atoms with Gasteiger partial charge in [0.2, 0.25) is 0 Å². The predicted molar refractivity (Wildman–Crippen MR) is 528 cm³/mol. The monoisotopic (exact) mass is 1610 g/mol. The number of benzene rings is 17. The van der Waals surface area contributed by atoms with Gasteiger partial charge in [-0.2, -0.15) is 0 Å². The number of para-hydroxylation sites is 2. The van der Waals surface area contributed by atoms with Crippen molar-refractivity contribution in [2.24, 2.45) is 0 Å². The fraction of sp³-hybridized carbons (Fsp3) is 0.0984. The summed E-state index contributed by atoms with van der Waals surface area (Å²) in [5, 5.41) is 9.30. The van der Waals surface area contributed by atoms with Crippen molar-refractivity contribution in [1.82, 2.24) is 19.9 Å². The quantitative estimate of drug-likeness (QED) is 0.135. The van der Waals surface area contributed by atoms with Crippen molar-refractivity contribution in [3.05, 3.63) is 433 Å². The van der Waals surface area contributed by atoms with Crippen molar-refractivity contribution in [1.29, 1.82) is 0 Å². The standard InChI is InChI=1S/C64H46N2.C58H42N2/c1-63(2)55-23-13-10-19-45(55)47-32-30-42(34-57(47)63)51-36-54-53(43-31-33-48-46-20-11-14-24-56(46)64(3,4)58(48)35-43)38-61(66-62(54)50-22-9-8-18-44(50)51)41-28-26-40(27-29-41)60-37-52(39-16-6-5-7-17-39)49-21-12-15-25-59(49)65-60;1-57(2)50-18-10-8-15-42(50)44-27-25-37(30-52(44)57)47-32-49-48(38-26-28-45-43-16-9-11-19-51(43)58(3,4)53(45)31-38)33-55(60-56(49)46-17-7-6-14-41(46)47)36-23-21-35(22-24-36)40-29-39-13-5-12-20-54(39)59-34-40/h5-38H,1-4H3;5-34H,1-4H3. The van der Waals surface area contributed by atoms with Gasteiger partial charge in [0.05, 0.1) is 39.1 Å². The molecule has 596 valence electrons. The van der Waals surface area contributed by atoms with Gasteiger partial charge in [0, 0.05) is 82.4 Å². The van der Waals surface area contributed by atoms with Crippen molar-refractivity contribution < 1.29 is 0 Å². The van der Waals surface area contributed by atoms with E-state index >= 15 is 0 Å². The minimum atomic E-state index is -0.132. The lowest BCUT2D eigenvalue weighted by Crippen LogP contribution is -2.15. The summed E-state index contributed by atoms with van der Waals surface area (Å²) in [6.45, 7) is 18.9. The minimum Gasteiger partial charge on any atom is -0.256 e. The number of nitrogens with zero attached hydrogens (tertiary/aromatic N) is 4. The molecule has 4 heterocycles. The summed E-state index contributed by atoms with van der Waals surface area (Å²) in [6.07, 6.45) is 1.97. The highest BCUT2D eigenvalue weighted by Gasteiger charge is 2.40. The Balaban J connectivity index is 0.000000142. The zero-order chi connectivity index (χ0) is 84.6. The van der Waals surface area contributed by atoms with Crippen LogP contribution in [0, 0.1) is 0 Å². The first-order chi connectivity index (χ1) is 61.5. The van der Waals surface area contributed by atoms with E-state index in [1.54, 1.807) is 0 Å². The van der Waals surface area contributed by atoms with E-state index in [1.807, 2.05) is 12.3 Å². The number of fused-ring (bicyclic) bond motifs is 20. The molecule has 4 aliphatic carbocycles. The molecule has 0 radical (unpaired) electrons. The van der Waals surface area contributed by atoms with Crippen LogP contribution in [0.2, 0.25) is 0 Å². The molecule has 4 aromatic heterocycles. The predicted octanol–water partition coefficient (Wildman–Crippen LogP) is 32.1. The van der Waals surface area contributed by atoms with Gasteiger partial charge in [-0.25, -0.2) is 15.0 Å². The Bertz CT molecular complexity index is 8180. The Hall–Kier alpha value is -15.1. The topological polar surface area (TPSA) is 51.6 Å². The Morgan fingerprint density at radius 3 is 0.865 bits per heavy atom. The third kappa shape index (κ3) is 11.6. The van der Waals surface area contributed by atoms with Crippen molar-refractivity contribution in [3.63, 3.8) is 0 Å². The highest BCUT2D eigenvalue weighted by Crippen LogP contribution is 2.56. The van der Waals surface area contributed by atoms with E-state index in [0.29, 0.717) is 0 Å². The second-order valence-corrected chi connectivity index (χ2v) is 37.1. The number of rotatable bonds is 9. The molecule has 0 bridgehead atoms. The summed E-state index contributed by atoms with van der Waals surface area (Å²) in [7, 11) is 0. The summed E-state index contributed by atoms with van der Waals surface area (Å²) in [4.78, 5) is 21.1. The first kappa shape index (κ1) is 74.7. The first-order valence-corrected chi connectivity index (χ1v) is 44.2. The fourth-order valence-corrected chi connectivity index (χ4v) is 21.9. The van der Waals surface area contributed by atoms with Crippen LogP contribution in [-0.2, 0) is 21.7 Å². The van der Waals surface area contributed by atoms with Crippen LogP contribution in [0.25, 0.3) is 210 Å². The number of pyridine rings is 4. The molecule has 0 saturated carbocycles. The largest absolute Gasteiger partial charge is 0.256 e. The Labute approximate surface area is 735 Å². The van der Waals surface area contributed by atoms with Gasteiger partial charge in [-0.1, -0.05) is 365 Å². The Kier molecular flexibility index (Phi) is 16.7. The van der Waals surface area contributed by atoms with Crippen LogP contribution in [-0.4, -0.2) is 19.9 Å². The number of hydrogen-bond acceptors (Lipinski definition) is 4. The van der Waals surface area contributed by atoms with Gasteiger partial charge in [0.25, 0.3) is 0 Å². The highest BCUT2D eigenvalue weighted by molar-refractivity contribution is 6.18. The maximum atomic E-state index is 5.62. The van der Waals surface area contributed by atoms with Crippen LogP contribution in [0.1, 0.15) is 99.9 Å². The molecule has 21 aromatic rings. The first-order valence-electron chi connectivity index (χ1n) is 44.2. The van der Waals surface area contributed by atoms with Crippen molar-refractivity contribution >= 4 is 65.2 Å². The average molecular weight is 1610 g/mol. The molecule has 126 heavy (non-hydrogen) atoms. The van der Waals surface area contributed by atoms with Gasteiger partial charge < -0.3 is 0 Å². The minimum absolute atomic E-state index is 0.0919. The van der Waals surface area contributed by atoms with Crippen molar-refractivity contribution in [2.75, 3.05) is 0 Å². The molecule has 0 saturated heterocycles. The molecule has 0 N–H and O–H groups in total. The van der Waals surface area contributed by atoms with Gasteiger partial charge in [0.1, 0.15) is 0 Å². The molecule has 4 aliphatic rings. The summed E-state index contributed by atoms with van der Waals surface area (Å²) in [5.41, 5.74) is 45.6. The Morgan fingerprint density at radius 1 is 0.167 bits per heavy atom. The summed E-state index contributed by atoms with van der Waals surface area (Å²) in [6, 6.07) is 141. The van der Waals surface area contributed by atoms with Crippen molar-refractivity contribution in [2.45, 2.75) is 77.0 Å². The molecule has 0 atom stereocenters. The van der Waals surface area contributed by atoms with Gasteiger partial charge >= 0.3 is 0 Å². The molecule has 25 rings (SSSR count). The Morgan fingerprint density at radius 2 is 0.460 bits per heavy atom. The van der Waals surface area contributed by atoms with Gasteiger partial charge in [-0.05, 0) is 234 Å². The van der Waals surface area contributed by atoms with Crippen LogP contribution >= 0.6 is 0 Å². The summed E-state index contributed by atoms with van der Waals surface area (Å²) < 4.78 is 0. The number of hydrogen-bond donors (Lipinski definition) is 0. The molecule has 0 spiro atoms. The van der Waals surface area contributed by atoms with E-state index in [2.05, 4.69) is 432 Å². The lowest BCUT2D eigenvalue weighted by molar-refractivity contribution is 0.660. The van der Waals surface area contributed by atoms with E-state index in [9.17, 15) is 0 Å². The highest BCUT2D eigenvalue weighted by atomic mass is 14.7. The second-order valence-electron chi connectivity index (χ2n) is 37.1. The number of aromatic nitrogens is 4. The van der Waals surface area contributed by atoms with Gasteiger partial charge in [-0.15, -0.1) is 0 Å². The summed E-state index contributed by atoms with van der Waals surface area (Å²) in [5.74, 6) is 0. The molecule has 4 heteroatoms. The normalized spacial score (nSPS) is 14.1. The SMILES string of the molecule is CC1(C)c2ccccc2-c2ccc(-c3cc4c(-c5ccc6c(c5)C(C)(C)c5ccccc5-6)cc(-c5ccc(-c6cc(-c7ccccc7)c7ccccc7n6)cc5)nc4c4ccccc34)cc21.CC1(C)c2ccccc2-c2ccc(-c3cc4c(-c5ccc6c(c5)C(C)(C)c5ccccc5-6)cc(-c5ccc(-c6cnc7ccccc7c6)cc5)nc4c4ccccc34)cc21. The molecule has 17 aromatic carbocycles. The molecular weight excluding hydrogens is 1520 g/mol. The zero-order valence-electron chi connectivity index (χ0n) is 71.7. The van der Waals surface area contributed by atoms with E-state index in [-0.39, 0.29) is 21.7 Å². The molecule has 0 aliphatic heterocycles. The average Bonchev–Trinajstić information content (AvgIpc) is 1.47. The van der Waals surface area contributed by atoms with Crippen LogP contribution in [0.5, 0.6) is 0 Å². The van der Waals surface area contributed by atoms with E-state index < -0.39 is 0 Å². The van der Waals surface area contributed by atoms with Crippen LogP contribution in [0.4, 0.5) is 0 Å². The fourth-order valence-electron chi connectivity index (χ4n) is 21.9. The smallest absolute Gasteiger partial charge is 0.0794 e. The zero-order valence-corrected chi connectivity index (χ0v) is 71.7. The maximum Gasteiger partial charge on any atom is 0.0794 e. The lowest BCUT2D eigenvalue weighted by Gasteiger charge is -2.23. The third-order valence-corrected chi connectivity index (χ3v) is 28.6. The second kappa shape index (κ2) is 28.2. The van der Waals surface area contributed by atoms with Crippen LogP contribution in [0.15, 0.2) is 388 Å². The van der Waals surface area contributed by atoms with Crippen LogP contribution in [0.3, 0.4) is 0 Å². The molecule has 0 fully saturated rings. The maximum absolute atomic E-state index is 5.62. The van der Waals surface area contributed by atoms with Gasteiger partial charge in [-0.3, -0.25) is 4.98 Å². The van der Waals surface area contributed by atoms with Gasteiger partial charge in [0.15, 0.2) is 0 Å². The lowest BCUT2D eigenvalue weighted by atomic mass is 9.81. The molecular formula is C122H88N4. The molecule has 0 amide bonds. The summed E-state index contributed by atoms with van der Waals surface area (Å²) >= 11 is 0. The van der Waals surface area contributed by atoms with E-state index in [4.69, 9.17) is 19.9 Å². The molecule has 4 nitrogen and oxygen atoms in total. The van der Waals surface area contributed by atoms with E-state index in [1.165, 1.54) is 155 Å².